The van der Waals surface area contributed by atoms with E-state index >= 15 is 0 Å². The lowest BCUT2D eigenvalue weighted by Crippen LogP contribution is -2.38. The molecule has 1 aromatic heterocycles. The molecule has 1 aliphatic rings. The first-order valence-electron chi connectivity index (χ1n) is 4.76. The van der Waals surface area contributed by atoms with Crippen molar-refractivity contribution < 1.29 is 4.74 Å². The smallest absolute Gasteiger partial charge is 0.138 e. The number of nitrogens with one attached hydrogen (secondary N) is 1. The third kappa shape index (κ3) is 1.79. The Kier molecular flexibility index (Phi) is 2.82. The van der Waals surface area contributed by atoms with Crippen molar-refractivity contribution in [3.05, 3.63) is 24.0 Å². The number of H-pyrrole nitrogens is 1. The average Bonchev–Trinajstić information content (AvgIpc) is 2.74. The van der Waals surface area contributed by atoms with E-state index in [0.29, 0.717) is 0 Å². The van der Waals surface area contributed by atoms with Gasteiger partial charge in [-0.25, -0.2) is 0 Å². The Morgan fingerprint density at radius 3 is 2.86 bits per heavy atom. The summed E-state index contributed by atoms with van der Waals surface area (Å²) in [5.74, 6) is 0. The van der Waals surface area contributed by atoms with Gasteiger partial charge in [0.25, 0.3) is 0 Å². The normalized spacial score (nSPS) is 20.2. The summed E-state index contributed by atoms with van der Waals surface area (Å²) in [4.78, 5) is 5.21. The first kappa shape index (κ1) is 9.25. The Labute approximate surface area is 83.1 Å². The van der Waals surface area contributed by atoms with E-state index in [4.69, 9.17) is 10.00 Å². The molecule has 0 saturated carbocycles. The predicted molar refractivity (Wildman–Crippen MR) is 51.5 cm³/mol. The van der Waals surface area contributed by atoms with E-state index in [9.17, 15) is 0 Å². The number of hydrogen-bond acceptors (Lipinski definition) is 3. The van der Waals surface area contributed by atoms with Crippen molar-refractivity contribution in [1.29, 1.82) is 5.26 Å². The molecule has 0 aliphatic carbocycles. The molecule has 1 fully saturated rings. The molecule has 2 rings (SSSR count). The standard InChI is InChI=1S/C10H13N3O/c11-8-10(9-2-1-3-12-9)13-4-6-14-7-5-13/h1-3,10,12H,4-7H2. The third-order valence-corrected chi connectivity index (χ3v) is 2.45. The van der Waals surface area contributed by atoms with E-state index in [-0.39, 0.29) is 6.04 Å². The third-order valence-electron chi connectivity index (χ3n) is 2.45. The lowest BCUT2D eigenvalue weighted by Gasteiger charge is -2.29. The summed E-state index contributed by atoms with van der Waals surface area (Å²) in [6.45, 7) is 3.10. The second-order valence-electron chi connectivity index (χ2n) is 3.31. The lowest BCUT2D eigenvalue weighted by atomic mass is 10.2. The van der Waals surface area contributed by atoms with Gasteiger partial charge in [-0.05, 0) is 12.1 Å². The number of morpholine rings is 1. The van der Waals surface area contributed by atoms with Crippen LogP contribution in [-0.2, 0) is 4.74 Å². The van der Waals surface area contributed by atoms with Gasteiger partial charge in [0.1, 0.15) is 6.04 Å². The molecule has 14 heavy (non-hydrogen) atoms. The van der Waals surface area contributed by atoms with Crippen molar-refractivity contribution >= 4 is 0 Å². The molecule has 0 bridgehead atoms. The van der Waals surface area contributed by atoms with E-state index in [1.807, 2.05) is 18.3 Å². The molecule has 2 heterocycles. The van der Waals surface area contributed by atoms with Crippen LogP contribution in [0.1, 0.15) is 11.7 Å². The highest BCUT2D eigenvalue weighted by atomic mass is 16.5. The fourth-order valence-electron chi connectivity index (χ4n) is 1.70. The molecule has 1 aromatic rings. The van der Waals surface area contributed by atoms with Crippen LogP contribution >= 0.6 is 0 Å². The van der Waals surface area contributed by atoms with Gasteiger partial charge in [0.2, 0.25) is 0 Å². The van der Waals surface area contributed by atoms with Gasteiger partial charge in [0, 0.05) is 25.0 Å². The summed E-state index contributed by atoms with van der Waals surface area (Å²) >= 11 is 0. The zero-order valence-corrected chi connectivity index (χ0v) is 7.94. The van der Waals surface area contributed by atoms with Crippen molar-refractivity contribution in [1.82, 2.24) is 9.88 Å². The monoisotopic (exact) mass is 191 g/mol. The van der Waals surface area contributed by atoms with E-state index in [2.05, 4.69) is 16.0 Å². The van der Waals surface area contributed by atoms with Gasteiger partial charge in [-0.15, -0.1) is 0 Å². The van der Waals surface area contributed by atoms with Gasteiger partial charge < -0.3 is 9.72 Å². The van der Waals surface area contributed by atoms with Crippen LogP contribution in [0.25, 0.3) is 0 Å². The van der Waals surface area contributed by atoms with Crippen molar-refractivity contribution in [2.24, 2.45) is 0 Å². The lowest BCUT2D eigenvalue weighted by molar-refractivity contribution is 0.0260. The van der Waals surface area contributed by atoms with Gasteiger partial charge in [-0.1, -0.05) is 0 Å². The first-order chi connectivity index (χ1) is 6.92. The van der Waals surface area contributed by atoms with E-state index in [0.717, 1.165) is 32.0 Å². The molecule has 4 heteroatoms. The van der Waals surface area contributed by atoms with Gasteiger partial charge >= 0.3 is 0 Å². The molecule has 0 radical (unpaired) electrons. The summed E-state index contributed by atoms with van der Waals surface area (Å²) in [5.41, 5.74) is 0.967. The fourth-order valence-corrected chi connectivity index (χ4v) is 1.70. The van der Waals surface area contributed by atoms with Crippen LogP contribution in [0.15, 0.2) is 18.3 Å². The average molecular weight is 191 g/mol. The van der Waals surface area contributed by atoms with E-state index < -0.39 is 0 Å². The molecule has 1 unspecified atom stereocenters. The zero-order valence-electron chi connectivity index (χ0n) is 7.94. The van der Waals surface area contributed by atoms with Crippen LogP contribution < -0.4 is 0 Å². The second-order valence-corrected chi connectivity index (χ2v) is 3.31. The molecule has 1 atom stereocenters. The zero-order chi connectivity index (χ0) is 9.80. The highest BCUT2D eigenvalue weighted by molar-refractivity contribution is 5.16. The number of aromatic amines is 1. The molecule has 1 aliphatic heterocycles. The summed E-state index contributed by atoms with van der Waals surface area (Å²) in [7, 11) is 0. The van der Waals surface area contributed by atoms with Gasteiger partial charge in [-0.2, -0.15) is 5.26 Å². The Morgan fingerprint density at radius 1 is 1.50 bits per heavy atom. The number of aromatic nitrogens is 1. The molecule has 4 nitrogen and oxygen atoms in total. The maximum absolute atomic E-state index is 9.10. The summed E-state index contributed by atoms with van der Waals surface area (Å²) in [6.07, 6.45) is 1.85. The minimum absolute atomic E-state index is 0.158. The van der Waals surface area contributed by atoms with Crippen LogP contribution in [0.4, 0.5) is 0 Å². The number of nitriles is 1. The topological polar surface area (TPSA) is 52.0 Å². The predicted octanol–water partition coefficient (Wildman–Crippen LogP) is 0.912. The SMILES string of the molecule is N#CC(c1ccc[nH]1)N1CCOCC1. The quantitative estimate of drug-likeness (QED) is 0.756. The van der Waals surface area contributed by atoms with Crippen LogP contribution in [-0.4, -0.2) is 36.2 Å². The highest BCUT2D eigenvalue weighted by Crippen LogP contribution is 2.18. The Bertz CT molecular complexity index is 309. The van der Waals surface area contributed by atoms with Gasteiger partial charge in [0.05, 0.1) is 19.3 Å². The van der Waals surface area contributed by atoms with E-state index in [1.165, 1.54) is 0 Å². The first-order valence-corrected chi connectivity index (χ1v) is 4.76. The number of nitrogens with zero attached hydrogens (tertiary/aromatic N) is 2. The maximum atomic E-state index is 9.10. The molecule has 0 amide bonds. The maximum Gasteiger partial charge on any atom is 0.138 e. The van der Waals surface area contributed by atoms with Crippen LogP contribution in [0.2, 0.25) is 0 Å². The summed E-state index contributed by atoms with van der Waals surface area (Å²) in [5, 5.41) is 9.10. The molecule has 1 saturated heterocycles. The minimum Gasteiger partial charge on any atom is -0.379 e. The highest BCUT2D eigenvalue weighted by Gasteiger charge is 2.22. The van der Waals surface area contributed by atoms with Crippen molar-refractivity contribution in [2.45, 2.75) is 6.04 Å². The second kappa shape index (κ2) is 4.27. The Hall–Kier alpha value is -1.31. The Morgan fingerprint density at radius 2 is 2.29 bits per heavy atom. The number of hydrogen-bond donors (Lipinski definition) is 1. The van der Waals surface area contributed by atoms with Crippen molar-refractivity contribution in [2.75, 3.05) is 26.3 Å². The number of ether oxygens (including phenoxy) is 1. The minimum atomic E-state index is -0.158. The molecule has 0 aromatic carbocycles. The summed E-state index contributed by atoms with van der Waals surface area (Å²) in [6, 6.07) is 6.02. The molecular weight excluding hydrogens is 178 g/mol. The van der Waals surface area contributed by atoms with Crippen molar-refractivity contribution in [3.8, 4) is 6.07 Å². The van der Waals surface area contributed by atoms with Gasteiger partial charge in [0.15, 0.2) is 0 Å². The van der Waals surface area contributed by atoms with Crippen LogP contribution in [0, 0.1) is 11.3 Å². The van der Waals surface area contributed by atoms with Crippen LogP contribution in [0.3, 0.4) is 0 Å². The molecule has 74 valence electrons. The van der Waals surface area contributed by atoms with Crippen molar-refractivity contribution in [3.63, 3.8) is 0 Å². The fraction of sp³-hybridized carbons (Fsp3) is 0.500. The van der Waals surface area contributed by atoms with E-state index in [1.54, 1.807) is 0 Å². The molecule has 1 N–H and O–H groups in total. The van der Waals surface area contributed by atoms with Gasteiger partial charge in [-0.3, -0.25) is 4.90 Å². The molecule has 0 spiro atoms. The van der Waals surface area contributed by atoms with Crippen LogP contribution in [0.5, 0.6) is 0 Å². The number of rotatable bonds is 2. The summed E-state index contributed by atoms with van der Waals surface area (Å²) < 4.78 is 5.25. The molecular formula is C10H13N3O. The Balaban J connectivity index is 2.09. The largest absolute Gasteiger partial charge is 0.379 e.